The van der Waals surface area contributed by atoms with Crippen LogP contribution in [0.3, 0.4) is 0 Å². The Bertz CT molecular complexity index is 858. The van der Waals surface area contributed by atoms with Crippen LogP contribution in [-0.4, -0.2) is 11.1 Å². The summed E-state index contributed by atoms with van der Waals surface area (Å²) in [6.45, 7) is 18.0. The summed E-state index contributed by atoms with van der Waals surface area (Å²) in [5.41, 5.74) is 2.49. The van der Waals surface area contributed by atoms with Gasteiger partial charge in [0.05, 0.1) is 0 Å². The second-order valence-electron chi connectivity index (χ2n) is 8.13. The molecule has 0 aliphatic carbocycles. The molecule has 0 heterocycles. The van der Waals surface area contributed by atoms with Gasteiger partial charge in [-0.15, -0.1) is 0 Å². The first-order valence-electron chi connectivity index (χ1n) is 10.2. The summed E-state index contributed by atoms with van der Waals surface area (Å²) in [5.74, 6) is 0.998. The van der Waals surface area contributed by atoms with Crippen LogP contribution in [0.1, 0.15) is 72.9 Å². The van der Waals surface area contributed by atoms with Gasteiger partial charge in [-0.25, -0.2) is 0 Å². The van der Waals surface area contributed by atoms with Gasteiger partial charge >= 0.3 is 5.97 Å². The minimum atomic E-state index is -0.394. The van der Waals surface area contributed by atoms with Gasteiger partial charge in [-0.1, -0.05) is 77.5 Å². The Kier molecular flexibility index (Phi) is 8.29. The molecule has 0 spiro atoms. The number of benzene rings is 2. The van der Waals surface area contributed by atoms with Gasteiger partial charge in [0, 0.05) is 28.7 Å². The molecule has 0 aromatic heterocycles. The molecule has 28 heavy (non-hydrogen) atoms. The molecule has 0 aliphatic heterocycles. The number of allylic oxidation sites excluding steroid dienone is 2. The van der Waals surface area contributed by atoms with Gasteiger partial charge in [0.1, 0.15) is 11.5 Å². The third kappa shape index (κ3) is 5.37. The smallest absolute Gasteiger partial charge is 0.308 e. The van der Waals surface area contributed by atoms with Crippen molar-refractivity contribution in [1.82, 2.24) is 0 Å². The molecule has 0 amide bonds. The van der Waals surface area contributed by atoms with Crippen LogP contribution in [0.5, 0.6) is 11.5 Å². The van der Waals surface area contributed by atoms with Crippen LogP contribution in [0.15, 0.2) is 35.9 Å². The lowest BCUT2D eigenvalue weighted by Crippen LogP contribution is -2.19. The minimum absolute atomic E-state index is 0.245. The quantitative estimate of drug-likeness (QED) is 0.340. The van der Waals surface area contributed by atoms with E-state index in [1.54, 1.807) is 0 Å². The molecule has 154 valence electrons. The highest BCUT2D eigenvalue weighted by Crippen LogP contribution is 2.46. The first kappa shape index (κ1) is 23.7. The van der Waals surface area contributed by atoms with Gasteiger partial charge in [-0.05, 0) is 31.7 Å². The molecule has 0 bridgehead atoms. The minimum Gasteiger partial charge on any atom is -0.507 e. The van der Waals surface area contributed by atoms with Gasteiger partial charge < -0.3 is 9.84 Å². The first-order valence-corrected chi connectivity index (χ1v) is 10.2. The van der Waals surface area contributed by atoms with Crippen molar-refractivity contribution in [2.24, 2.45) is 5.92 Å². The van der Waals surface area contributed by atoms with Crippen LogP contribution < -0.4 is 4.74 Å². The Morgan fingerprint density at radius 2 is 1.68 bits per heavy atom. The van der Waals surface area contributed by atoms with E-state index < -0.39 is 5.41 Å². The summed E-state index contributed by atoms with van der Waals surface area (Å²) in [5, 5.41) is 12.2. The van der Waals surface area contributed by atoms with E-state index in [0.717, 1.165) is 22.9 Å². The number of aromatic hydroxyl groups is 1. The monoisotopic (exact) mass is 384 g/mol. The fourth-order valence-corrected chi connectivity index (χ4v) is 3.93. The van der Waals surface area contributed by atoms with Crippen LogP contribution in [0, 0.1) is 12.8 Å². The molecule has 0 unspecified atom stereocenters. The Morgan fingerprint density at radius 3 is 2.18 bits per heavy atom. The molecule has 2 aromatic rings. The fourth-order valence-electron chi connectivity index (χ4n) is 3.93. The third-order valence-electron chi connectivity index (χ3n) is 4.61. The molecule has 0 radical (unpaired) electrons. The lowest BCUT2D eigenvalue weighted by molar-refractivity contribution is -0.131. The molecule has 0 fully saturated rings. The van der Waals surface area contributed by atoms with Crippen molar-refractivity contribution in [3.05, 3.63) is 47.0 Å². The largest absolute Gasteiger partial charge is 0.507 e. The topological polar surface area (TPSA) is 46.5 Å². The van der Waals surface area contributed by atoms with Gasteiger partial charge in [-0.2, -0.15) is 0 Å². The fraction of sp³-hybridized carbons (Fsp3) is 0.480. The Labute approximate surface area is 170 Å². The van der Waals surface area contributed by atoms with Crippen LogP contribution in [-0.2, 0) is 10.2 Å². The Morgan fingerprint density at radius 1 is 1.14 bits per heavy atom. The number of ether oxygens (including phenoxy) is 1. The molecule has 0 atom stereocenters. The van der Waals surface area contributed by atoms with Crippen molar-refractivity contribution in [3.63, 3.8) is 0 Å². The summed E-state index contributed by atoms with van der Waals surface area (Å²) in [7, 11) is 0. The summed E-state index contributed by atoms with van der Waals surface area (Å²) in [4.78, 5) is 11.8. The molecule has 0 saturated heterocycles. The molecule has 3 nitrogen and oxygen atoms in total. The zero-order chi connectivity index (χ0) is 21.6. The zero-order valence-electron chi connectivity index (χ0n) is 18.9. The Balaban J connectivity index is 0.00000190. The van der Waals surface area contributed by atoms with Crippen molar-refractivity contribution < 1.29 is 14.6 Å². The number of hydrogen-bond acceptors (Lipinski definition) is 3. The highest BCUT2D eigenvalue weighted by molar-refractivity contribution is 5.97. The second kappa shape index (κ2) is 9.77. The maximum absolute atomic E-state index is 11.8. The summed E-state index contributed by atoms with van der Waals surface area (Å²) in [6.07, 6.45) is 3.22. The highest BCUT2D eigenvalue weighted by Gasteiger charge is 2.29. The number of carbonyl (C=O) groups is 1. The van der Waals surface area contributed by atoms with E-state index in [1.165, 1.54) is 12.5 Å². The lowest BCUT2D eigenvalue weighted by atomic mass is 9.78. The van der Waals surface area contributed by atoms with Gasteiger partial charge in [0.2, 0.25) is 0 Å². The number of phenolic OH excluding ortho intramolecular Hbond substituents is 1. The summed E-state index contributed by atoms with van der Waals surface area (Å²) < 4.78 is 5.66. The van der Waals surface area contributed by atoms with Crippen LogP contribution in [0.4, 0.5) is 0 Å². The number of hydrogen-bond donors (Lipinski definition) is 1. The van der Waals surface area contributed by atoms with Crippen molar-refractivity contribution in [2.45, 2.75) is 74.1 Å². The number of esters is 1. The standard InChI is InChI=1S/C23H30O3.C2H6/c1-14(2)12-15(3)13-23(6,7)20-16(4)21(25)18-10-8-9-11-19(18)22(20)26-17(5)24;1-2/h8-11,13-14,25H,12H2,1-7H3;1-2H3/b15-13+;. The molecule has 0 aliphatic rings. The number of carbonyl (C=O) groups excluding carboxylic acids is 1. The number of phenols is 1. The average Bonchev–Trinajstić information content (AvgIpc) is 2.59. The number of fused-ring (bicyclic) bond motifs is 1. The molecule has 1 N–H and O–H groups in total. The van der Waals surface area contributed by atoms with Gasteiger partial charge in [0.25, 0.3) is 0 Å². The molecule has 2 rings (SSSR count). The van der Waals surface area contributed by atoms with E-state index in [4.69, 9.17) is 4.74 Å². The average molecular weight is 385 g/mol. The van der Waals surface area contributed by atoms with Gasteiger partial charge in [-0.3, -0.25) is 4.79 Å². The predicted molar refractivity (Wildman–Crippen MR) is 119 cm³/mol. The van der Waals surface area contributed by atoms with E-state index in [0.29, 0.717) is 17.1 Å². The van der Waals surface area contributed by atoms with E-state index >= 15 is 0 Å². The molecule has 2 aromatic carbocycles. The van der Waals surface area contributed by atoms with E-state index in [1.807, 2.05) is 45.0 Å². The highest BCUT2D eigenvalue weighted by atomic mass is 16.5. The lowest BCUT2D eigenvalue weighted by Gasteiger charge is -2.29. The summed E-state index contributed by atoms with van der Waals surface area (Å²) >= 11 is 0. The van der Waals surface area contributed by atoms with Crippen LogP contribution >= 0.6 is 0 Å². The zero-order valence-corrected chi connectivity index (χ0v) is 18.9. The summed E-state index contributed by atoms with van der Waals surface area (Å²) in [6, 6.07) is 7.50. The first-order chi connectivity index (χ1) is 13.0. The molecule has 0 saturated carbocycles. The van der Waals surface area contributed by atoms with Crippen molar-refractivity contribution >= 4 is 16.7 Å². The number of rotatable bonds is 5. The van der Waals surface area contributed by atoms with Crippen molar-refractivity contribution in [3.8, 4) is 11.5 Å². The van der Waals surface area contributed by atoms with Crippen LogP contribution in [0.2, 0.25) is 0 Å². The predicted octanol–water partition coefficient (Wildman–Crippen LogP) is 7.08. The van der Waals surface area contributed by atoms with Crippen molar-refractivity contribution in [2.75, 3.05) is 0 Å². The molecule has 3 heteroatoms. The SMILES string of the molecule is CC.CC(=O)Oc1c(C(C)(C)/C=C(\C)CC(C)C)c(C)c(O)c2ccccc12. The third-order valence-corrected chi connectivity index (χ3v) is 4.61. The maximum Gasteiger partial charge on any atom is 0.308 e. The van der Waals surface area contributed by atoms with E-state index in [9.17, 15) is 9.90 Å². The molecular formula is C25H36O3. The van der Waals surface area contributed by atoms with Crippen LogP contribution in [0.25, 0.3) is 10.8 Å². The normalized spacial score (nSPS) is 12.0. The van der Waals surface area contributed by atoms with E-state index in [2.05, 4.69) is 40.7 Å². The Hall–Kier alpha value is -2.29. The van der Waals surface area contributed by atoms with Crippen molar-refractivity contribution in [1.29, 1.82) is 0 Å². The van der Waals surface area contributed by atoms with Gasteiger partial charge in [0.15, 0.2) is 0 Å². The maximum atomic E-state index is 11.8. The second-order valence-corrected chi connectivity index (χ2v) is 8.13. The molecular weight excluding hydrogens is 348 g/mol. The van der Waals surface area contributed by atoms with E-state index in [-0.39, 0.29) is 11.7 Å².